The molecule has 2 unspecified atom stereocenters. The largest absolute Gasteiger partial charge is 0.357 e. The molecule has 2 rings (SSSR count). The van der Waals surface area contributed by atoms with Crippen LogP contribution in [0.25, 0.3) is 0 Å². The Bertz CT molecular complexity index is 391. The Morgan fingerprint density at radius 2 is 2.06 bits per heavy atom. The fourth-order valence-electron chi connectivity index (χ4n) is 2.30. The Balaban J connectivity index is 2.19. The quantitative estimate of drug-likeness (QED) is 0.852. The molecule has 0 radical (unpaired) electrons. The number of hydrogen-bond donors (Lipinski definition) is 1. The molecule has 0 saturated carbocycles. The lowest BCUT2D eigenvalue weighted by Gasteiger charge is -2.36. The van der Waals surface area contributed by atoms with Crippen molar-refractivity contribution in [3.63, 3.8) is 0 Å². The second-order valence-corrected chi connectivity index (χ2v) is 5.13. The van der Waals surface area contributed by atoms with Crippen LogP contribution < -0.4 is 10.2 Å². The summed E-state index contributed by atoms with van der Waals surface area (Å²) < 4.78 is 0. The van der Waals surface area contributed by atoms with Crippen molar-refractivity contribution in [1.82, 2.24) is 9.97 Å². The minimum absolute atomic E-state index is 0.714. The zero-order chi connectivity index (χ0) is 12.4. The van der Waals surface area contributed by atoms with Crippen molar-refractivity contribution < 1.29 is 0 Å². The van der Waals surface area contributed by atoms with E-state index in [9.17, 15) is 0 Å². The third-order valence-electron chi connectivity index (χ3n) is 3.72. The van der Waals surface area contributed by atoms with Gasteiger partial charge in [0.2, 0.25) is 5.95 Å². The normalized spacial score (nSPS) is 24.8. The zero-order valence-electron chi connectivity index (χ0n) is 11.2. The topological polar surface area (TPSA) is 41.1 Å². The molecule has 0 amide bonds. The highest BCUT2D eigenvalue weighted by molar-refractivity contribution is 5.45. The number of aromatic nitrogens is 2. The fourth-order valence-corrected chi connectivity index (χ4v) is 2.30. The van der Waals surface area contributed by atoms with Gasteiger partial charge in [0.15, 0.2) is 0 Å². The molecule has 1 aromatic heterocycles. The lowest BCUT2D eigenvalue weighted by molar-refractivity contribution is 0.323. The standard InChI is InChI=1S/C13H22N4/c1-9-5-6-17(8-10(9)2)12-7-11(3)15-13(14-4)16-12/h7,9-10H,5-6,8H2,1-4H3,(H,14,15,16). The van der Waals surface area contributed by atoms with Crippen LogP contribution in [-0.4, -0.2) is 30.1 Å². The van der Waals surface area contributed by atoms with Gasteiger partial charge >= 0.3 is 0 Å². The van der Waals surface area contributed by atoms with Gasteiger partial charge in [0.25, 0.3) is 0 Å². The Hall–Kier alpha value is -1.32. The Kier molecular flexibility index (Phi) is 3.50. The van der Waals surface area contributed by atoms with E-state index in [1.54, 1.807) is 0 Å². The summed E-state index contributed by atoms with van der Waals surface area (Å²) in [6.07, 6.45) is 1.25. The molecule has 1 saturated heterocycles. The zero-order valence-corrected chi connectivity index (χ0v) is 11.2. The van der Waals surface area contributed by atoms with Crippen molar-refractivity contribution in [3.8, 4) is 0 Å². The minimum Gasteiger partial charge on any atom is -0.357 e. The maximum Gasteiger partial charge on any atom is 0.224 e. The summed E-state index contributed by atoms with van der Waals surface area (Å²) in [6.45, 7) is 8.88. The molecule has 1 aromatic rings. The highest BCUT2D eigenvalue weighted by Gasteiger charge is 2.23. The van der Waals surface area contributed by atoms with E-state index in [4.69, 9.17) is 0 Å². The second-order valence-electron chi connectivity index (χ2n) is 5.13. The van der Waals surface area contributed by atoms with Gasteiger partial charge in [0.1, 0.15) is 5.82 Å². The van der Waals surface area contributed by atoms with Crippen molar-refractivity contribution in [2.75, 3.05) is 30.4 Å². The van der Waals surface area contributed by atoms with E-state index in [1.807, 2.05) is 14.0 Å². The van der Waals surface area contributed by atoms with Gasteiger partial charge in [0, 0.05) is 31.9 Å². The van der Waals surface area contributed by atoms with Crippen LogP contribution in [0.2, 0.25) is 0 Å². The first-order valence-electron chi connectivity index (χ1n) is 6.38. The molecule has 4 nitrogen and oxygen atoms in total. The van der Waals surface area contributed by atoms with E-state index < -0.39 is 0 Å². The van der Waals surface area contributed by atoms with Crippen molar-refractivity contribution in [2.45, 2.75) is 27.2 Å². The molecule has 0 aliphatic carbocycles. The number of anilines is 2. The minimum atomic E-state index is 0.714. The molecule has 94 valence electrons. The first-order chi connectivity index (χ1) is 8.10. The lowest BCUT2D eigenvalue weighted by Crippen LogP contribution is -2.39. The molecular formula is C13H22N4. The molecule has 1 aliphatic heterocycles. The van der Waals surface area contributed by atoms with Crippen LogP contribution in [0.1, 0.15) is 26.0 Å². The summed E-state index contributed by atoms with van der Waals surface area (Å²) in [7, 11) is 1.86. The third-order valence-corrected chi connectivity index (χ3v) is 3.72. The van der Waals surface area contributed by atoms with Gasteiger partial charge in [-0.05, 0) is 25.2 Å². The number of hydrogen-bond acceptors (Lipinski definition) is 4. The Labute approximate surface area is 103 Å². The highest BCUT2D eigenvalue weighted by Crippen LogP contribution is 2.26. The van der Waals surface area contributed by atoms with Crippen LogP contribution in [0.4, 0.5) is 11.8 Å². The molecule has 0 aromatic carbocycles. The van der Waals surface area contributed by atoms with E-state index in [1.165, 1.54) is 6.42 Å². The van der Waals surface area contributed by atoms with Crippen LogP contribution in [0.3, 0.4) is 0 Å². The highest BCUT2D eigenvalue weighted by atomic mass is 15.2. The van der Waals surface area contributed by atoms with Gasteiger partial charge in [-0.1, -0.05) is 13.8 Å². The molecular weight excluding hydrogens is 212 g/mol. The predicted octanol–water partition coefficient (Wildman–Crippen LogP) is 2.31. The first kappa shape index (κ1) is 12.1. The van der Waals surface area contributed by atoms with E-state index in [-0.39, 0.29) is 0 Å². The Morgan fingerprint density at radius 1 is 1.29 bits per heavy atom. The van der Waals surface area contributed by atoms with Gasteiger partial charge in [-0.3, -0.25) is 0 Å². The molecule has 4 heteroatoms. The van der Waals surface area contributed by atoms with Gasteiger partial charge in [-0.2, -0.15) is 4.98 Å². The summed E-state index contributed by atoms with van der Waals surface area (Å²) in [5, 5.41) is 3.02. The number of nitrogens with zero attached hydrogens (tertiary/aromatic N) is 3. The lowest BCUT2D eigenvalue weighted by atomic mass is 9.89. The van der Waals surface area contributed by atoms with Crippen LogP contribution >= 0.6 is 0 Å². The van der Waals surface area contributed by atoms with Crippen LogP contribution in [0, 0.1) is 18.8 Å². The van der Waals surface area contributed by atoms with Gasteiger partial charge in [0.05, 0.1) is 0 Å². The van der Waals surface area contributed by atoms with Crippen molar-refractivity contribution in [1.29, 1.82) is 0 Å². The number of aryl methyl sites for hydroxylation is 1. The molecule has 1 N–H and O–H groups in total. The summed E-state index contributed by atoms with van der Waals surface area (Å²) in [5.41, 5.74) is 1.02. The van der Waals surface area contributed by atoms with Crippen LogP contribution in [0.15, 0.2) is 6.07 Å². The van der Waals surface area contributed by atoms with Crippen LogP contribution in [0.5, 0.6) is 0 Å². The monoisotopic (exact) mass is 234 g/mol. The summed E-state index contributed by atoms with van der Waals surface area (Å²) in [5.74, 6) is 3.32. The van der Waals surface area contributed by atoms with Crippen molar-refractivity contribution >= 4 is 11.8 Å². The van der Waals surface area contributed by atoms with E-state index in [0.29, 0.717) is 5.95 Å². The molecule has 0 bridgehead atoms. The van der Waals surface area contributed by atoms with Crippen molar-refractivity contribution in [2.24, 2.45) is 11.8 Å². The van der Waals surface area contributed by atoms with E-state index >= 15 is 0 Å². The molecule has 1 aliphatic rings. The van der Waals surface area contributed by atoms with Crippen LogP contribution in [-0.2, 0) is 0 Å². The number of rotatable bonds is 2. The predicted molar refractivity (Wildman–Crippen MR) is 71.5 cm³/mol. The number of nitrogens with one attached hydrogen (secondary N) is 1. The van der Waals surface area contributed by atoms with Gasteiger partial charge < -0.3 is 10.2 Å². The third kappa shape index (κ3) is 2.68. The first-order valence-corrected chi connectivity index (χ1v) is 6.38. The Morgan fingerprint density at radius 3 is 2.71 bits per heavy atom. The summed E-state index contributed by atoms with van der Waals surface area (Å²) >= 11 is 0. The van der Waals surface area contributed by atoms with Gasteiger partial charge in [-0.25, -0.2) is 4.98 Å². The van der Waals surface area contributed by atoms with Crippen molar-refractivity contribution in [3.05, 3.63) is 11.8 Å². The second kappa shape index (κ2) is 4.90. The smallest absolute Gasteiger partial charge is 0.224 e. The summed E-state index contributed by atoms with van der Waals surface area (Å²) in [6, 6.07) is 2.07. The fraction of sp³-hybridized carbons (Fsp3) is 0.692. The molecule has 0 spiro atoms. The average molecular weight is 234 g/mol. The summed E-state index contributed by atoms with van der Waals surface area (Å²) in [4.78, 5) is 11.2. The maximum absolute atomic E-state index is 4.54. The molecule has 2 heterocycles. The molecule has 2 atom stereocenters. The number of piperidine rings is 1. The molecule has 17 heavy (non-hydrogen) atoms. The maximum atomic E-state index is 4.54. The average Bonchev–Trinajstić information content (AvgIpc) is 2.32. The SMILES string of the molecule is CNc1nc(C)cc(N2CCC(C)C(C)C2)n1. The van der Waals surface area contributed by atoms with E-state index in [0.717, 1.165) is 36.4 Å². The van der Waals surface area contributed by atoms with Gasteiger partial charge in [-0.15, -0.1) is 0 Å². The van der Waals surface area contributed by atoms with E-state index in [2.05, 4.69) is 40.1 Å². The molecule has 1 fully saturated rings.